The first-order valence-corrected chi connectivity index (χ1v) is 6.40. The highest BCUT2D eigenvalue weighted by Gasteiger charge is 2.45. The maximum absolute atomic E-state index is 10.9. The SMILES string of the molecule is CCC1CC2(CCO1)N[C@H](C(=O)O)CS2. The van der Waals surface area contributed by atoms with E-state index >= 15 is 0 Å². The molecule has 2 heterocycles. The smallest absolute Gasteiger partial charge is 0.321 e. The molecule has 15 heavy (non-hydrogen) atoms. The minimum Gasteiger partial charge on any atom is -0.480 e. The maximum Gasteiger partial charge on any atom is 0.321 e. The largest absolute Gasteiger partial charge is 0.480 e. The zero-order valence-corrected chi connectivity index (χ0v) is 9.68. The number of ether oxygens (including phenoxy) is 1. The summed E-state index contributed by atoms with van der Waals surface area (Å²) in [6.45, 7) is 2.85. The van der Waals surface area contributed by atoms with E-state index in [4.69, 9.17) is 9.84 Å². The van der Waals surface area contributed by atoms with Crippen molar-refractivity contribution in [2.75, 3.05) is 12.4 Å². The van der Waals surface area contributed by atoms with E-state index in [-0.39, 0.29) is 17.0 Å². The molecule has 0 aromatic carbocycles. The summed E-state index contributed by atoms with van der Waals surface area (Å²) in [5, 5.41) is 12.2. The van der Waals surface area contributed by atoms with Crippen LogP contribution in [0, 0.1) is 0 Å². The van der Waals surface area contributed by atoms with E-state index < -0.39 is 5.97 Å². The third-order valence-electron chi connectivity index (χ3n) is 3.13. The number of carbonyl (C=O) groups is 1. The quantitative estimate of drug-likeness (QED) is 0.744. The van der Waals surface area contributed by atoms with Gasteiger partial charge in [-0.25, -0.2) is 0 Å². The van der Waals surface area contributed by atoms with Gasteiger partial charge in [-0.1, -0.05) is 6.92 Å². The number of nitrogens with one attached hydrogen (secondary N) is 1. The van der Waals surface area contributed by atoms with Crippen LogP contribution >= 0.6 is 11.8 Å². The van der Waals surface area contributed by atoms with Gasteiger partial charge in [0.25, 0.3) is 0 Å². The molecule has 0 saturated carbocycles. The Morgan fingerprint density at radius 3 is 3.13 bits per heavy atom. The summed E-state index contributed by atoms with van der Waals surface area (Å²) >= 11 is 1.75. The normalized spacial score (nSPS) is 40.9. The zero-order valence-electron chi connectivity index (χ0n) is 8.86. The van der Waals surface area contributed by atoms with Gasteiger partial charge in [-0.15, -0.1) is 11.8 Å². The van der Waals surface area contributed by atoms with Crippen LogP contribution < -0.4 is 5.32 Å². The number of carboxylic acids is 1. The van der Waals surface area contributed by atoms with Crippen LogP contribution in [0.3, 0.4) is 0 Å². The summed E-state index contributed by atoms with van der Waals surface area (Å²) in [4.78, 5) is 10.8. The lowest BCUT2D eigenvalue weighted by molar-refractivity contribution is -0.139. The molecule has 2 unspecified atom stereocenters. The van der Waals surface area contributed by atoms with E-state index in [1.165, 1.54) is 0 Å². The van der Waals surface area contributed by atoms with E-state index in [2.05, 4.69) is 12.2 Å². The lowest BCUT2D eigenvalue weighted by atomic mass is 10.00. The number of rotatable bonds is 2. The van der Waals surface area contributed by atoms with Crippen molar-refractivity contribution in [1.29, 1.82) is 0 Å². The molecule has 0 amide bonds. The highest BCUT2D eigenvalue weighted by atomic mass is 32.2. The number of hydrogen-bond acceptors (Lipinski definition) is 4. The molecule has 5 heteroatoms. The monoisotopic (exact) mass is 231 g/mol. The van der Waals surface area contributed by atoms with Crippen molar-refractivity contribution < 1.29 is 14.6 Å². The second-order valence-corrected chi connectivity index (χ2v) is 5.60. The van der Waals surface area contributed by atoms with Crippen LogP contribution in [0.5, 0.6) is 0 Å². The van der Waals surface area contributed by atoms with Crippen molar-refractivity contribution >= 4 is 17.7 Å². The van der Waals surface area contributed by atoms with Crippen molar-refractivity contribution in [2.45, 2.75) is 43.2 Å². The Bertz CT molecular complexity index is 261. The number of hydrogen-bond donors (Lipinski definition) is 2. The molecular formula is C10H17NO3S. The molecule has 0 aromatic heterocycles. The summed E-state index contributed by atoms with van der Waals surface area (Å²) in [6.07, 6.45) is 3.13. The first-order chi connectivity index (χ1) is 7.15. The number of carboxylic acid groups (broad SMARTS) is 1. The summed E-state index contributed by atoms with van der Waals surface area (Å²) in [7, 11) is 0. The molecule has 2 rings (SSSR count). The second-order valence-electron chi connectivity index (χ2n) is 4.20. The van der Waals surface area contributed by atoms with Gasteiger partial charge in [0, 0.05) is 18.8 Å². The Hall–Kier alpha value is -0.260. The fourth-order valence-corrected chi connectivity index (χ4v) is 3.69. The molecule has 4 nitrogen and oxygen atoms in total. The van der Waals surface area contributed by atoms with Crippen molar-refractivity contribution in [3.63, 3.8) is 0 Å². The summed E-state index contributed by atoms with van der Waals surface area (Å²) in [5.41, 5.74) is 0. The van der Waals surface area contributed by atoms with Crippen LogP contribution in [0.15, 0.2) is 0 Å². The van der Waals surface area contributed by atoms with Gasteiger partial charge >= 0.3 is 5.97 Å². The van der Waals surface area contributed by atoms with Gasteiger partial charge < -0.3 is 9.84 Å². The molecule has 2 N–H and O–H groups in total. The van der Waals surface area contributed by atoms with Crippen molar-refractivity contribution in [1.82, 2.24) is 5.32 Å². The minimum absolute atomic E-state index is 0.0397. The Morgan fingerprint density at radius 2 is 2.53 bits per heavy atom. The molecule has 0 aliphatic carbocycles. The zero-order chi connectivity index (χ0) is 10.9. The predicted molar refractivity (Wildman–Crippen MR) is 59.0 cm³/mol. The maximum atomic E-state index is 10.9. The Balaban J connectivity index is 1.99. The van der Waals surface area contributed by atoms with Crippen LogP contribution in [-0.2, 0) is 9.53 Å². The first kappa shape index (κ1) is 11.2. The molecule has 1 spiro atoms. The molecule has 2 aliphatic heterocycles. The van der Waals surface area contributed by atoms with Gasteiger partial charge in [-0.3, -0.25) is 10.1 Å². The average molecular weight is 231 g/mol. The number of thioether (sulfide) groups is 1. The minimum atomic E-state index is -0.737. The fraction of sp³-hybridized carbons (Fsp3) is 0.900. The van der Waals surface area contributed by atoms with E-state index in [1.807, 2.05) is 0 Å². The molecule has 0 bridgehead atoms. The predicted octanol–water partition coefficient (Wildman–Crippen LogP) is 1.06. The van der Waals surface area contributed by atoms with Crippen LogP contribution in [-0.4, -0.2) is 40.5 Å². The molecule has 2 fully saturated rings. The highest BCUT2D eigenvalue weighted by Crippen LogP contribution is 2.40. The van der Waals surface area contributed by atoms with Crippen molar-refractivity contribution in [3.05, 3.63) is 0 Å². The summed E-state index contributed by atoms with van der Waals surface area (Å²) in [6, 6.07) is -0.384. The fourth-order valence-electron chi connectivity index (χ4n) is 2.22. The van der Waals surface area contributed by atoms with Crippen LogP contribution in [0.1, 0.15) is 26.2 Å². The highest BCUT2D eigenvalue weighted by molar-refractivity contribution is 8.01. The topological polar surface area (TPSA) is 58.6 Å². The summed E-state index contributed by atoms with van der Waals surface area (Å²) < 4.78 is 5.61. The van der Waals surface area contributed by atoms with Crippen molar-refractivity contribution in [3.8, 4) is 0 Å². The molecular weight excluding hydrogens is 214 g/mol. The van der Waals surface area contributed by atoms with E-state index in [0.29, 0.717) is 5.75 Å². The molecule has 86 valence electrons. The average Bonchev–Trinajstić information content (AvgIpc) is 2.62. The van der Waals surface area contributed by atoms with E-state index in [0.717, 1.165) is 25.9 Å². The van der Waals surface area contributed by atoms with Crippen LogP contribution in [0.2, 0.25) is 0 Å². The van der Waals surface area contributed by atoms with Gasteiger partial charge in [0.1, 0.15) is 6.04 Å². The second kappa shape index (κ2) is 4.31. The van der Waals surface area contributed by atoms with E-state index in [9.17, 15) is 4.79 Å². The first-order valence-electron chi connectivity index (χ1n) is 5.41. The third kappa shape index (κ3) is 2.29. The summed E-state index contributed by atoms with van der Waals surface area (Å²) in [5.74, 6) is -0.0647. The van der Waals surface area contributed by atoms with Gasteiger partial charge in [-0.2, -0.15) is 0 Å². The molecule has 2 saturated heterocycles. The standard InChI is InChI=1S/C10H17NO3S/c1-2-7-5-10(3-4-14-7)11-8(6-15-10)9(12)13/h7-8,11H,2-6H2,1H3,(H,12,13)/t7?,8-,10?/m0/s1. The lowest BCUT2D eigenvalue weighted by Crippen LogP contribution is -2.50. The number of aliphatic carboxylic acids is 1. The van der Waals surface area contributed by atoms with Gasteiger partial charge in [0.2, 0.25) is 0 Å². The van der Waals surface area contributed by atoms with E-state index in [1.54, 1.807) is 11.8 Å². The molecule has 3 atom stereocenters. The van der Waals surface area contributed by atoms with Crippen LogP contribution in [0.25, 0.3) is 0 Å². The molecule has 0 radical (unpaired) electrons. The van der Waals surface area contributed by atoms with Crippen LogP contribution in [0.4, 0.5) is 0 Å². The van der Waals surface area contributed by atoms with Gasteiger partial charge in [-0.05, 0) is 12.8 Å². The Labute approximate surface area is 93.8 Å². The molecule has 0 aromatic rings. The molecule has 2 aliphatic rings. The third-order valence-corrected chi connectivity index (χ3v) is 4.68. The Kier molecular flexibility index (Phi) is 3.23. The van der Waals surface area contributed by atoms with Crippen molar-refractivity contribution in [2.24, 2.45) is 0 Å². The van der Waals surface area contributed by atoms with Gasteiger partial charge in [0.05, 0.1) is 11.0 Å². The van der Waals surface area contributed by atoms with Gasteiger partial charge in [0.15, 0.2) is 0 Å². The Morgan fingerprint density at radius 1 is 1.73 bits per heavy atom. The lowest BCUT2D eigenvalue weighted by Gasteiger charge is -2.37.